The summed E-state index contributed by atoms with van der Waals surface area (Å²) < 4.78 is 2.20. The van der Waals surface area contributed by atoms with Crippen LogP contribution in [0, 0.1) is 0 Å². The Morgan fingerprint density at radius 2 is 1.97 bits per heavy atom. The molecule has 0 aliphatic carbocycles. The van der Waals surface area contributed by atoms with Crippen molar-refractivity contribution in [3.8, 4) is 22.6 Å². The molecule has 5 rings (SSSR count). The van der Waals surface area contributed by atoms with Gasteiger partial charge in [-0.3, -0.25) is 9.47 Å². The van der Waals surface area contributed by atoms with Crippen LogP contribution in [-0.2, 0) is 0 Å². The summed E-state index contributed by atoms with van der Waals surface area (Å²) in [6.07, 6.45) is 4.40. The van der Waals surface area contributed by atoms with E-state index in [0.29, 0.717) is 10.8 Å². The first kappa shape index (κ1) is 21.6. The summed E-state index contributed by atoms with van der Waals surface area (Å²) in [6, 6.07) is 15.6. The summed E-state index contributed by atoms with van der Waals surface area (Å²) in [5, 5.41) is 4.11. The van der Waals surface area contributed by atoms with E-state index in [1.165, 1.54) is 0 Å². The van der Waals surface area contributed by atoms with Gasteiger partial charge in [-0.25, -0.2) is 15.0 Å². The standard InChI is InChI=1S/C25H26ClN7/c1-2-5-22(32-14-12-28-13-15-32)33-24(19-8-4-11-29-23(19)27)31-21-10-9-20(30-25(21)33)17-6-3-7-18(26)16-17/h2-4,6-11,16,22,28H,1,5,12-15H2,(H2,27,29). The van der Waals surface area contributed by atoms with Gasteiger partial charge in [-0.1, -0.05) is 29.8 Å². The van der Waals surface area contributed by atoms with Gasteiger partial charge in [0.05, 0.1) is 17.4 Å². The summed E-state index contributed by atoms with van der Waals surface area (Å²) in [5.74, 6) is 1.21. The topological polar surface area (TPSA) is 84.9 Å². The number of halogens is 1. The SMILES string of the molecule is C=CCC(N1CCNCC1)n1c(-c2cccnc2N)nc2ccc(-c3cccc(Cl)c3)nc21. The summed E-state index contributed by atoms with van der Waals surface area (Å²) in [5.41, 5.74) is 10.5. The summed E-state index contributed by atoms with van der Waals surface area (Å²) in [6.45, 7) is 7.75. The molecule has 1 aliphatic rings. The van der Waals surface area contributed by atoms with Crippen molar-refractivity contribution in [3.63, 3.8) is 0 Å². The highest BCUT2D eigenvalue weighted by atomic mass is 35.5. The Kier molecular flexibility index (Phi) is 6.09. The maximum atomic E-state index is 6.29. The van der Waals surface area contributed by atoms with Crippen LogP contribution in [0.15, 0.2) is 67.4 Å². The lowest BCUT2D eigenvalue weighted by atomic mass is 10.1. The molecule has 3 aromatic heterocycles. The molecule has 1 aromatic carbocycles. The first-order valence-electron chi connectivity index (χ1n) is 11.1. The highest BCUT2D eigenvalue weighted by Gasteiger charge is 2.27. The summed E-state index contributed by atoms with van der Waals surface area (Å²) >= 11 is 6.25. The molecule has 3 N–H and O–H groups in total. The van der Waals surface area contributed by atoms with Crippen LogP contribution in [0.2, 0.25) is 5.02 Å². The van der Waals surface area contributed by atoms with Crippen LogP contribution in [0.3, 0.4) is 0 Å². The van der Waals surface area contributed by atoms with Gasteiger partial charge in [0.25, 0.3) is 0 Å². The second kappa shape index (κ2) is 9.31. The smallest absolute Gasteiger partial charge is 0.162 e. The number of benzene rings is 1. The van der Waals surface area contributed by atoms with E-state index >= 15 is 0 Å². The minimum Gasteiger partial charge on any atom is -0.383 e. The average Bonchev–Trinajstić information content (AvgIpc) is 3.21. The average molecular weight is 460 g/mol. The zero-order valence-electron chi connectivity index (χ0n) is 18.3. The molecule has 1 aliphatic heterocycles. The Morgan fingerprint density at radius 1 is 1.12 bits per heavy atom. The predicted octanol–water partition coefficient (Wildman–Crippen LogP) is 4.38. The first-order chi connectivity index (χ1) is 16.2. The van der Waals surface area contributed by atoms with Crippen LogP contribution >= 0.6 is 11.6 Å². The molecule has 0 spiro atoms. The van der Waals surface area contributed by atoms with E-state index in [9.17, 15) is 0 Å². The molecule has 7 nitrogen and oxygen atoms in total. The van der Waals surface area contributed by atoms with E-state index in [4.69, 9.17) is 27.3 Å². The van der Waals surface area contributed by atoms with Crippen LogP contribution in [0.5, 0.6) is 0 Å². The van der Waals surface area contributed by atoms with Gasteiger partial charge in [0.15, 0.2) is 5.65 Å². The second-order valence-corrected chi connectivity index (χ2v) is 8.52. The Labute approximate surface area is 197 Å². The van der Waals surface area contributed by atoms with Crippen molar-refractivity contribution in [2.45, 2.75) is 12.6 Å². The molecule has 0 radical (unpaired) electrons. The van der Waals surface area contributed by atoms with E-state index in [0.717, 1.165) is 66.4 Å². The van der Waals surface area contributed by atoms with Gasteiger partial charge in [-0.05, 0) is 42.8 Å². The van der Waals surface area contributed by atoms with E-state index in [-0.39, 0.29) is 6.17 Å². The largest absolute Gasteiger partial charge is 0.383 e. The van der Waals surface area contributed by atoms with Crippen molar-refractivity contribution in [2.24, 2.45) is 0 Å². The minimum atomic E-state index is 0.00585. The van der Waals surface area contributed by atoms with Gasteiger partial charge in [0.1, 0.15) is 17.2 Å². The lowest BCUT2D eigenvalue weighted by molar-refractivity contribution is 0.127. The molecule has 0 saturated carbocycles. The highest BCUT2D eigenvalue weighted by molar-refractivity contribution is 6.30. The van der Waals surface area contributed by atoms with E-state index in [1.807, 2.05) is 54.6 Å². The number of anilines is 1. The van der Waals surface area contributed by atoms with Gasteiger partial charge < -0.3 is 11.1 Å². The van der Waals surface area contributed by atoms with E-state index in [1.54, 1.807) is 6.20 Å². The molecule has 0 amide bonds. The number of imidazole rings is 1. The van der Waals surface area contributed by atoms with Crippen molar-refractivity contribution < 1.29 is 0 Å². The van der Waals surface area contributed by atoms with Crippen LogP contribution in [0.1, 0.15) is 12.6 Å². The minimum absolute atomic E-state index is 0.00585. The fraction of sp³-hybridized carbons (Fsp3) is 0.240. The Morgan fingerprint density at radius 3 is 2.73 bits per heavy atom. The predicted molar refractivity (Wildman–Crippen MR) is 134 cm³/mol. The maximum absolute atomic E-state index is 6.29. The molecule has 33 heavy (non-hydrogen) atoms. The molecule has 4 heterocycles. The van der Waals surface area contributed by atoms with E-state index in [2.05, 4.69) is 26.3 Å². The van der Waals surface area contributed by atoms with Gasteiger partial charge in [0.2, 0.25) is 0 Å². The first-order valence-corrected chi connectivity index (χ1v) is 11.4. The van der Waals surface area contributed by atoms with Crippen LogP contribution < -0.4 is 11.1 Å². The third-order valence-corrected chi connectivity index (χ3v) is 6.22. The number of pyridine rings is 2. The molecule has 1 unspecified atom stereocenters. The molecular formula is C25H26ClN7. The summed E-state index contributed by atoms with van der Waals surface area (Å²) in [7, 11) is 0. The van der Waals surface area contributed by atoms with Crippen molar-refractivity contribution in [1.82, 2.24) is 29.7 Å². The lowest BCUT2D eigenvalue weighted by Gasteiger charge is -2.36. The maximum Gasteiger partial charge on any atom is 0.162 e. The van der Waals surface area contributed by atoms with Crippen LogP contribution in [0.4, 0.5) is 5.82 Å². The second-order valence-electron chi connectivity index (χ2n) is 8.08. The van der Waals surface area contributed by atoms with Gasteiger partial charge >= 0.3 is 0 Å². The quantitative estimate of drug-likeness (QED) is 0.416. The molecule has 1 atom stereocenters. The molecular weight excluding hydrogens is 434 g/mol. The third-order valence-electron chi connectivity index (χ3n) is 5.99. The molecule has 1 saturated heterocycles. The monoisotopic (exact) mass is 459 g/mol. The molecule has 1 fully saturated rings. The summed E-state index contributed by atoms with van der Waals surface area (Å²) in [4.78, 5) is 16.8. The zero-order valence-corrected chi connectivity index (χ0v) is 19.0. The Hall–Kier alpha value is -3.26. The number of fused-ring (bicyclic) bond motifs is 1. The number of hydrogen-bond donors (Lipinski definition) is 2. The molecule has 8 heteroatoms. The normalized spacial score (nSPS) is 15.5. The van der Waals surface area contributed by atoms with Gasteiger partial charge in [-0.2, -0.15) is 0 Å². The van der Waals surface area contributed by atoms with Gasteiger partial charge in [-0.15, -0.1) is 6.58 Å². The number of nitrogens with zero attached hydrogens (tertiary/aromatic N) is 5. The number of piperazine rings is 1. The van der Waals surface area contributed by atoms with Crippen LogP contribution in [-0.4, -0.2) is 50.6 Å². The number of nitrogens with one attached hydrogen (secondary N) is 1. The van der Waals surface area contributed by atoms with Crippen molar-refractivity contribution in [3.05, 3.63) is 72.4 Å². The van der Waals surface area contributed by atoms with Crippen molar-refractivity contribution in [1.29, 1.82) is 0 Å². The molecule has 168 valence electrons. The number of aromatic nitrogens is 4. The van der Waals surface area contributed by atoms with Gasteiger partial charge in [0, 0.05) is 43.0 Å². The van der Waals surface area contributed by atoms with E-state index < -0.39 is 0 Å². The van der Waals surface area contributed by atoms with Crippen molar-refractivity contribution in [2.75, 3.05) is 31.9 Å². The number of hydrogen-bond acceptors (Lipinski definition) is 6. The fourth-order valence-corrected chi connectivity index (χ4v) is 4.60. The Balaban J connectivity index is 1.75. The van der Waals surface area contributed by atoms with Crippen LogP contribution in [0.25, 0.3) is 33.8 Å². The molecule has 4 aromatic rings. The lowest BCUT2D eigenvalue weighted by Crippen LogP contribution is -2.46. The number of rotatable bonds is 6. The van der Waals surface area contributed by atoms with Crippen molar-refractivity contribution >= 4 is 28.6 Å². The zero-order chi connectivity index (χ0) is 22.8. The highest BCUT2D eigenvalue weighted by Crippen LogP contribution is 2.34. The third kappa shape index (κ3) is 4.23. The molecule has 0 bridgehead atoms. The number of nitrogens with two attached hydrogens (primary N) is 1. The fourth-order valence-electron chi connectivity index (χ4n) is 4.41. The number of nitrogen functional groups attached to an aromatic ring is 1. The Bertz CT molecular complexity index is 1290.